The summed E-state index contributed by atoms with van der Waals surface area (Å²) < 4.78 is 33.1. The van der Waals surface area contributed by atoms with Crippen LogP contribution in [0.2, 0.25) is 12.1 Å². The van der Waals surface area contributed by atoms with Crippen LogP contribution in [0.15, 0.2) is 0 Å². The van der Waals surface area contributed by atoms with Crippen molar-refractivity contribution in [2.45, 2.75) is 24.9 Å². The van der Waals surface area contributed by atoms with E-state index in [1.54, 1.807) is 42.7 Å². The second-order valence-corrected chi connectivity index (χ2v) is 12.6. The van der Waals surface area contributed by atoms with Crippen LogP contribution >= 0.6 is 0 Å². The highest BCUT2D eigenvalue weighted by molar-refractivity contribution is 6.60. The molecule has 0 aliphatic rings. The van der Waals surface area contributed by atoms with Gasteiger partial charge in [-0.05, 0) is 40.0 Å². The monoisotopic (exact) mass is 412 g/mol. The molecule has 0 heterocycles. The van der Waals surface area contributed by atoms with Gasteiger partial charge < -0.3 is 36.4 Å². The van der Waals surface area contributed by atoms with E-state index in [0.717, 1.165) is 51.1 Å². The molecule has 0 unspecified atom stereocenters. The first-order valence-corrected chi connectivity index (χ1v) is 12.9. The van der Waals surface area contributed by atoms with E-state index >= 15 is 0 Å². The number of rotatable bonds is 17. The number of hydrogen-bond acceptors (Lipinski definition) is 8. The van der Waals surface area contributed by atoms with Crippen LogP contribution < -0.4 is 0 Å². The maximum Gasteiger partial charge on any atom is 0.500 e. The maximum atomic E-state index is 5.51. The Morgan fingerprint density at radius 1 is 0.538 bits per heavy atom. The molecule has 8 nitrogen and oxygen atoms in total. The van der Waals surface area contributed by atoms with Gasteiger partial charge in [0, 0.05) is 67.8 Å². The van der Waals surface area contributed by atoms with E-state index in [0.29, 0.717) is 0 Å². The van der Waals surface area contributed by atoms with Crippen LogP contribution in [-0.4, -0.2) is 110 Å². The van der Waals surface area contributed by atoms with E-state index in [1.165, 1.54) is 0 Å². The summed E-state index contributed by atoms with van der Waals surface area (Å²) in [5.41, 5.74) is 0. The molecule has 0 aromatic heterocycles. The van der Waals surface area contributed by atoms with Crippen molar-refractivity contribution in [3.05, 3.63) is 0 Å². The van der Waals surface area contributed by atoms with E-state index < -0.39 is 17.6 Å². The molecule has 0 N–H and O–H groups in total. The summed E-state index contributed by atoms with van der Waals surface area (Å²) >= 11 is 0. The molecule has 0 radical (unpaired) electrons. The fraction of sp³-hybridized carbons (Fsp3) is 1.00. The molecule has 0 rings (SSSR count). The highest BCUT2D eigenvalue weighted by Gasteiger charge is 2.38. The van der Waals surface area contributed by atoms with Gasteiger partial charge in [0.2, 0.25) is 0 Å². The van der Waals surface area contributed by atoms with Crippen molar-refractivity contribution in [1.82, 2.24) is 9.80 Å². The first-order valence-electron chi connectivity index (χ1n) is 9.04. The quantitative estimate of drug-likeness (QED) is 0.332. The molecule has 0 aromatic carbocycles. The van der Waals surface area contributed by atoms with E-state index in [1.807, 2.05) is 0 Å². The van der Waals surface area contributed by atoms with Crippen LogP contribution in [0.3, 0.4) is 0 Å². The summed E-state index contributed by atoms with van der Waals surface area (Å²) in [6.45, 7) is 3.97. The van der Waals surface area contributed by atoms with Crippen LogP contribution in [0.25, 0.3) is 0 Å². The lowest BCUT2D eigenvalue weighted by Crippen LogP contribution is -2.44. The van der Waals surface area contributed by atoms with E-state index in [9.17, 15) is 0 Å². The van der Waals surface area contributed by atoms with Gasteiger partial charge in [-0.15, -0.1) is 0 Å². The van der Waals surface area contributed by atoms with Crippen LogP contribution in [0.1, 0.15) is 12.8 Å². The normalized spacial score (nSPS) is 13.2. The molecule has 0 amide bonds. The Labute approximate surface area is 162 Å². The van der Waals surface area contributed by atoms with Crippen LogP contribution in [0, 0.1) is 0 Å². The van der Waals surface area contributed by atoms with Crippen molar-refractivity contribution in [2.75, 3.05) is 82.9 Å². The Morgan fingerprint density at radius 2 is 0.885 bits per heavy atom. The van der Waals surface area contributed by atoms with Gasteiger partial charge in [-0.3, -0.25) is 0 Å². The van der Waals surface area contributed by atoms with Gasteiger partial charge in [-0.1, -0.05) is 0 Å². The zero-order chi connectivity index (χ0) is 20.1. The Bertz CT molecular complexity index is 302. The third-order valence-corrected chi connectivity index (χ3v) is 10.3. The van der Waals surface area contributed by atoms with Crippen molar-refractivity contribution in [1.29, 1.82) is 0 Å². The van der Waals surface area contributed by atoms with Gasteiger partial charge in [-0.2, -0.15) is 0 Å². The van der Waals surface area contributed by atoms with Gasteiger partial charge in [0.05, 0.1) is 0 Å². The Kier molecular flexibility index (Phi) is 14.2. The van der Waals surface area contributed by atoms with Crippen LogP contribution in [-0.2, 0) is 26.6 Å². The van der Waals surface area contributed by atoms with Crippen molar-refractivity contribution in [3.8, 4) is 0 Å². The smallest absolute Gasteiger partial charge is 0.377 e. The van der Waals surface area contributed by atoms with Gasteiger partial charge in [0.25, 0.3) is 0 Å². The number of hydrogen-bond donors (Lipinski definition) is 0. The largest absolute Gasteiger partial charge is 0.500 e. The molecular formula is C16H40N2O6Si2. The third kappa shape index (κ3) is 9.35. The first kappa shape index (κ1) is 26.1. The minimum Gasteiger partial charge on any atom is -0.377 e. The highest BCUT2D eigenvalue weighted by atomic mass is 28.4. The summed E-state index contributed by atoms with van der Waals surface area (Å²) in [6.07, 6.45) is 1.94. The fourth-order valence-electron chi connectivity index (χ4n) is 2.83. The van der Waals surface area contributed by atoms with E-state index in [-0.39, 0.29) is 0 Å². The molecule has 0 aliphatic carbocycles. The van der Waals surface area contributed by atoms with Crippen molar-refractivity contribution in [2.24, 2.45) is 0 Å². The molecule has 0 aromatic rings. The molecule has 0 saturated carbocycles. The Balaban J connectivity index is 4.56. The highest BCUT2D eigenvalue weighted by Crippen LogP contribution is 2.17. The SMILES string of the molecule is CO[Si](CCCN(CCC[Si](OC)(OC)OC)CCN(C)C)(OC)OC. The van der Waals surface area contributed by atoms with Crippen molar-refractivity contribution in [3.63, 3.8) is 0 Å². The van der Waals surface area contributed by atoms with Crippen LogP contribution in [0.4, 0.5) is 0 Å². The molecule has 158 valence electrons. The van der Waals surface area contributed by atoms with Gasteiger partial charge in [0.1, 0.15) is 0 Å². The first-order chi connectivity index (χ1) is 12.4. The molecule has 26 heavy (non-hydrogen) atoms. The van der Waals surface area contributed by atoms with Gasteiger partial charge in [-0.25, -0.2) is 0 Å². The third-order valence-electron chi connectivity index (χ3n) is 4.64. The summed E-state index contributed by atoms with van der Waals surface area (Å²) in [4.78, 5) is 4.66. The molecule has 0 saturated heterocycles. The summed E-state index contributed by atoms with van der Waals surface area (Å²) in [6, 6.07) is 1.61. The van der Waals surface area contributed by atoms with Gasteiger partial charge >= 0.3 is 17.6 Å². The zero-order valence-electron chi connectivity index (χ0n) is 18.0. The molecule has 0 spiro atoms. The predicted molar refractivity (Wildman–Crippen MR) is 107 cm³/mol. The standard InChI is InChI=1S/C16H40N2O6Si2/c1-17(2)13-14-18(11-9-15-25(19-3,20-4)21-5)12-10-16-26(22-6,23-7)24-8/h9-16H2,1-8H3. The molecule has 0 aliphatic heterocycles. The summed E-state index contributed by atoms with van der Waals surface area (Å²) in [5.74, 6) is 0. The summed E-state index contributed by atoms with van der Waals surface area (Å²) in [5, 5.41) is 0. The Morgan fingerprint density at radius 3 is 1.15 bits per heavy atom. The fourth-order valence-corrected chi connectivity index (χ4v) is 6.23. The molecule has 0 bridgehead atoms. The average Bonchev–Trinajstić information content (AvgIpc) is 2.67. The lowest BCUT2D eigenvalue weighted by molar-refractivity contribution is 0.119. The topological polar surface area (TPSA) is 61.9 Å². The number of nitrogens with zero attached hydrogens (tertiary/aromatic N) is 2. The van der Waals surface area contributed by atoms with E-state index in [4.69, 9.17) is 26.6 Å². The van der Waals surface area contributed by atoms with Crippen molar-refractivity contribution >= 4 is 17.6 Å². The molecule has 0 fully saturated rings. The minimum absolute atomic E-state index is 0.807. The Hall–Kier alpha value is 0.114. The van der Waals surface area contributed by atoms with Crippen LogP contribution in [0.5, 0.6) is 0 Å². The predicted octanol–water partition coefficient (Wildman–Crippen LogP) is 1.39. The van der Waals surface area contributed by atoms with Gasteiger partial charge in [0.15, 0.2) is 0 Å². The minimum atomic E-state index is -2.50. The van der Waals surface area contributed by atoms with E-state index in [2.05, 4.69) is 23.9 Å². The van der Waals surface area contributed by atoms with Crippen molar-refractivity contribution < 1.29 is 26.6 Å². The zero-order valence-corrected chi connectivity index (χ0v) is 20.0. The lowest BCUT2D eigenvalue weighted by Gasteiger charge is -2.29. The molecule has 10 heteroatoms. The molecular weight excluding hydrogens is 372 g/mol. The second-order valence-electron chi connectivity index (χ2n) is 6.44. The average molecular weight is 413 g/mol. The number of likely N-dealkylation sites (N-methyl/N-ethyl adjacent to an activating group) is 1. The maximum absolute atomic E-state index is 5.51. The second kappa shape index (κ2) is 14.2. The summed E-state index contributed by atoms with van der Waals surface area (Å²) in [7, 11) is 9.15. The molecule has 0 atom stereocenters. The lowest BCUT2D eigenvalue weighted by atomic mass is 10.3.